The Morgan fingerprint density at radius 1 is 1.37 bits per heavy atom. The van der Waals surface area contributed by atoms with Crippen molar-refractivity contribution in [3.8, 4) is 0 Å². The van der Waals surface area contributed by atoms with E-state index in [1.807, 2.05) is 42.6 Å². The van der Waals surface area contributed by atoms with Crippen LogP contribution in [0.5, 0.6) is 0 Å². The molecule has 2 rings (SSSR count). The summed E-state index contributed by atoms with van der Waals surface area (Å²) in [6.07, 6.45) is 0. The monoisotopic (exact) mass is 264 g/mol. The van der Waals surface area contributed by atoms with Crippen LogP contribution in [0.4, 0.5) is 0 Å². The molecule has 1 aromatic heterocycles. The predicted molar refractivity (Wildman–Crippen MR) is 76.4 cm³/mol. The first kappa shape index (κ1) is 14.1. The van der Waals surface area contributed by atoms with Crippen LogP contribution in [-0.2, 0) is 7.05 Å². The fraction of sp³-hybridized carbons (Fsp3) is 0.643. The fourth-order valence-corrected chi connectivity index (χ4v) is 2.35. The second kappa shape index (κ2) is 6.21. The zero-order valence-electron chi connectivity index (χ0n) is 12.1. The smallest absolute Gasteiger partial charge is 0.270 e. The molecule has 0 aromatic carbocycles. The van der Waals surface area contributed by atoms with Crippen LogP contribution < -0.4 is 5.32 Å². The number of piperazine rings is 1. The summed E-state index contributed by atoms with van der Waals surface area (Å²) >= 11 is 0. The van der Waals surface area contributed by atoms with Crippen LogP contribution in [0.15, 0.2) is 12.1 Å². The summed E-state index contributed by atoms with van der Waals surface area (Å²) in [5.41, 5.74) is 1.87. The van der Waals surface area contributed by atoms with Gasteiger partial charge < -0.3 is 14.8 Å². The summed E-state index contributed by atoms with van der Waals surface area (Å²) in [5.74, 6) is 0.103. The van der Waals surface area contributed by atoms with Crippen molar-refractivity contribution in [3.63, 3.8) is 0 Å². The van der Waals surface area contributed by atoms with Gasteiger partial charge in [0.15, 0.2) is 0 Å². The van der Waals surface area contributed by atoms with Gasteiger partial charge in [0, 0.05) is 59.1 Å². The van der Waals surface area contributed by atoms with Gasteiger partial charge in [-0.15, -0.1) is 0 Å². The van der Waals surface area contributed by atoms with Gasteiger partial charge in [0.25, 0.3) is 5.91 Å². The number of amides is 1. The summed E-state index contributed by atoms with van der Waals surface area (Å²) in [4.78, 5) is 16.5. The molecule has 1 aliphatic heterocycles. The van der Waals surface area contributed by atoms with Gasteiger partial charge in [-0.3, -0.25) is 9.69 Å². The highest BCUT2D eigenvalue weighted by Gasteiger charge is 2.17. The number of rotatable bonds is 4. The van der Waals surface area contributed by atoms with Crippen molar-refractivity contribution in [2.45, 2.75) is 6.92 Å². The van der Waals surface area contributed by atoms with Crippen molar-refractivity contribution in [1.29, 1.82) is 0 Å². The number of nitrogens with zero attached hydrogens (tertiary/aromatic N) is 3. The number of carbonyl (C=O) groups is 1. The molecule has 0 spiro atoms. The van der Waals surface area contributed by atoms with Gasteiger partial charge in [0.05, 0.1) is 0 Å². The van der Waals surface area contributed by atoms with Crippen LogP contribution in [0.2, 0.25) is 0 Å². The average molecular weight is 264 g/mol. The van der Waals surface area contributed by atoms with Crippen molar-refractivity contribution >= 4 is 5.91 Å². The Labute approximate surface area is 115 Å². The van der Waals surface area contributed by atoms with Crippen molar-refractivity contribution in [1.82, 2.24) is 19.7 Å². The molecule has 0 radical (unpaired) electrons. The van der Waals surface area contributed by atoms with E-state index in [1.165, 1.54) is 0 Å². The molecule has 1 fully saturated rings. The van der Waals surface area contributed by atoms with E-state index in [2.05, 4.69) is 10.2 Å². The molecule has 1 aliphatic rings. The first-order valence-electron chi connectivity index (χ1n) is 6.90. The number of hydrogen-bond acceptors (Lipinski definition) is 3. The number of aryl methyl sites for hydroxylation is 1. The zero-order chi connectivity index (χ0) is 13.8. The van der Waals surface area contributed by atoms with Crippen molar-refractivity contribution in [2.24, 2.45) is 7.05 Å². The lowest BCUT2D eigenvalue weighted by Gasteiger charge is -2.29. The standard InChI is InChI=1S/C14H24N4O/c1-12-4-5-13(17(12)3)14(19)16(2)10-11-18-8-6-15-7-9-18/h4-5,15H,6-11H2,1-3H3. The Balaban J connectivity index is 1.87. The molecule has 2 heterocycles. The zero-order valence-corrected chi connectivity index (χ0v) is 12.1. The molecule has 0 aliphatic carbocycles. The van der Waals surface area contributed by atoms with E-state index in [-0.39, 0.29) is 5.91 Å². The Morgan fingerprint density at radius 3 is 2.63 bits per heavy atom. The van der Waals surface area contributed by atoms with E-state index in [9.17, 15) is 4.79 Å². The molecule has 0 atom stereocenters. The number of hydrogen-bond donors (Lipinski definition) is 1. The highest BCUT2D eigenvalue weighted by Crippen LogP contribution is 2.08. The van der Waals surface area contributed by atoms with Crippen LogP contribution in [0.1, 0.15) is 16.2 Å². The van der Waals surface area contributed by atoms with Crippen molar-refractivity contribution < 1.29 is 4.79 Å². The van der Waals surface area contributed by atoms with E-state index < -0.39 is 0 Å². The molecule has 1 aromatic rings. The minimum absolute atomic E-state index is 0.103. The maximum Gasteiger partial charge on any atom is 0.270 e. The molecule has 1 saturated heterocycles. The Morgan fingerprint density at radius 2 is 2.05 bits per heavy atom. The molecule has 1 N–H and O–H groups in total. The quantitative estimate of drug-likeness (QED) is 0.851. The highest BCUT2D eigenvalue weighted by atomic mass is 16.2. The maximum atomic E-state index is 12.3. The van der Waals surface area contributed by atoms with Gasteiger partial charge in [-0.05, 0) is 19.1 Å². The molecular formula is C14H24N4O. The van der Waals surface area contributed by atoms with Gasteiger partial charge in [-0.1, -0.05) is 0 Å². The van der Waals surface area contributed by atoms with Crippen LogP contribution in [0, 0.1) is 6.92 Å². The second-order valence-electron chi connectivity index (χ2n) is 5.24. The lowest BCUT2D eigenvalue weighted by atomic mass is 10.3. The van der Waals surface area contributed by atoms with E-state index in [0.717, 1.165) is 50.7 Å². The number of carbonyl (C=O) groups excluding carboxylic acids is 1. The SMILES string of the molecule is Cc1ccc(C(=O)N(C)CCN2CCNCC2)n1C. The summed E-state index contributed by atoms with van der Waals surface area (Å²) < 4.78 is 1.95. The molecular weight excluding hydrogens is 240 g/mol. The number of nitrogens with one attached hydrogen (secondary N) is 1. The minimum atomic E-state index is 0.103. The third-order valence-electron chi connectivity index (χ3n) is 3.90. The molecule has 106 valence electrons. The summed E-state index contributed by atoms with van der Waals surface area (Å²) in [6.45, 7) is 7.99. The summed E-state index contributed by atoms with van der Waals surface area (Å²) in [6, 6.07) is 3.89. The molecule has 19 heavy (non-hydrogen) atoms. The Hall–Kier alpha value is -1.33. The van der Waals surface area contributed by atoms with Crippen LogP contribution in [0.25, 0.3) is 0 Å². The average Bonchev–Trinajstić information content (AvgIpc) is 2.77. The van der Waals surface area contributed by atoms with Gasteiger partial charge >= 0.3 is 0 Å². The summed E-state index contributed by atoms with van der Waals surface area (Å²) in [5, 5.41) is 3.34. The molecule has 0 bridgehead atoms. The number of likely N-dealkylation sites (N-methyl/N-ethyl adjacent to an activating group) is 1. The van der Waals surface area contributed by atoms with Crippen LogP contribution in [0.3, 0.4) is 0 Å². The van der Waals surface area contributed by atoms with Crippen molar-refractivity contribution in [3.05, 3.63) is 23.5 Å². The number of aromatic nitrogens is 1. The lowest BCUT2D eigenvalue weighted by molar-refractivity contribution is 0.0765. The largest absolute Gasteiger partial charge is 0.344 e. The molecule has 0 unspecified atom stereocenters. The fourth-order valence-electron chi connectivity index (χ4n) is 2.35. The Bertz CT molecular complexity index is 435. The third kappa shape index (κ3) is 3.36. The van der Waals surface area contributed by atoms with Crippen molar-refractivity contribution in [2.75, 3.05) is 46.3 Å². The molecule has 1 amide bonds. The molecule has 0 saturated carbocycles. The van der Waals surface area contributed by atoms with E-state index in [4.69, 9.17) is 0 Å². The lowest BCUT2D eigenvalue weighted by Crippen LogP contribution is -2.46. The third-order valence-corrected chi connectivity index (χ3v) is 3.90. The highest BCUT2D eigenvalue weighted by molar-refractivity contribution is 5.92. The van der Waals surface area contributed by atoms with Gasteiger partial charge in [-0.25, -0.2) is 0 Å². The second-order valence-corrected chi connectivity index (χ2v) is 5.24. The van der Waals surface area contributed by atoms with Crippen LogP contribution in [-0.4, -0.2) is 66.6 Å². The van der Waals surface area contributed by atoms with E-state index in [1.54, 1.807) is 0 Å². The molecule has 5 heteroatoms. The predicted octanol–water partition coefficient (Wildman–Crippen LogP) is 0.311. The van der Waals surface area contributed by atoms with E-state index >= 15 is 0 Å². The topological polar surface area (TPSA) is 40.5 Å². The van der Waals surface area contributed by atoms with Crippen LogP contribution >= 0.6 is 0 Å². The van der Waals surface area contributed by atoms with Gasteiger partial charge in [0.2, 0.25) is 0 Å². The van der Waals surface area contributed by atoms with Gasteiger partial charge in [-0.2, -0.15) is 0 Å². The van der Waals surface area contributed by atoms with Gasteiger partial charge in [0.1, 0.15) is 5.69 Å². The van der Waals surface area contributed by atoms with E-state index in [0.29, 0.717) is 0 Å². The molecule has 5 nitrogen and oxygen atoms in total. The minimum Gasteiger partial charge on any atom is -0.344 e. The summed E-state index contributed by atoms with van der Waals surface area (Å²) in [7, 11) is 3.82. The Kier molecular flexibility index (Phi) is 4.61. The maximum absolute atomic E-state index is 12.3. The first-order valence-corrected chi connectivity index (χ1v) is 6.90. The first-order chi connectivity index (χ1) is 9.09. The normalized spacial score (nSPS) is 16.6.